The first-order chi connectivity index (χ1) is 13.1. The smallest absolute Gasteiger partial charge is 0.148 e. The van der Waals surface area contributed by atoms with Crippen molar-refractivity contribution in [3.8, 4) is 17.0 Å². The van der Waals surface area contributed by atoms with Gasteiger partial charge in [0.1, 0.15) is 29.7 Å². The summed E-state index contributed by atoms with van der Waals surface area (Å²) < 4.78 is 19.7. The molecule has 1 fully saturated rings. The number of aromatic amines is 1. The molecule has 5 heteroatoms. The van der Waals surface area contributed by atoms with Crippen molar-refractivity contribution in [2.45, 2.75) is 52.1 Å². The normalized spacial score (nSPS) is 14.6. The Balaban J connectivity index is 1.47. The Morgan fingerprint density at radius 1 is 1.11 bits per heavy atom. The molecular formula is C22H24FN3O. The number of nitrogens with one attached hydrogen (secondary N) is 1. The molecule has 1 saturated carbocycles. The zero-order chi connectivity index (χ0) is 18.8. The third-order valence-electron chi connectivity index (χ3n) is 5.24. The highest BCUT2D eigenvalue weighted by atomic mass is 19.1. The minimum atomic E-state index is -0.332. The predicted molar refractivity (Wildman–Crippen MR) is 103 cm³/mol. The van der Waals surface area contributed by atoms with Crippen LogP contribution >= 0.6 is 0 Å². The van der Waals surface area contributed by atoms with E-state index in [9.17, 15) is 4.39 Å². The van der Waals surface area contributed by atoms with Crippen LogP contribution in [0.15, 0.2) is 36.7 Å². The molecule has 0 unspecified atom stereocenters. The summed E-state index contributed by atoms with van der Waals surface area (Å²) in [6.07, 6.45) is 8.60. The lowest BCUT2D eigenvalue weighted by atomic mass is 10.1. The van der Waals surface area contributed by atoms with Crippen molar-refractivity contribution < 1.29 is 9.13 Å². The largest absolute Gasteiger partial charge is 0.487 e. The topological polar surface area (TPSA) is 50.8 Å². The number of benzene rings is 1. The lowest BCUT2D eigenvalue weighted by Crippen LogP contribution is -2.03. The number of aromatic nitrogens is 3. The van der Waals surface area contributed by atoms with Crippen LogP contribution in [0.25, 0.3) is 11.3 Å². The molecule has 0 aliphatic heterocycles. The number of hydrogen-bond donors (Lipinski definition) is 1. The van der Waals surface area contributed by atoms with Crippen LogP contribution in [0.3, 0.4) is 0 Å². The Labute approximate surface area is 158 Å². The van der Waals surface area contributed by atoms with Crippen LogP contribution in [0.5, 0.6) is 5.75 Å². The van der Waals surface area contributed by atoms with Gasteiger partial charge in [-0.05, 0) is 62.1 Å². The standard InChI is InChI=1S/C22H24FN3O/c1-14-9-18(23)20(24-11-14)13-27-21-8-7-17(10-15(21)2)19-12-25-22(26-19)16-5-3-4-6-16/h7-12,16H,3-6,13H2,1-2H3,(H,25,26). The molecule has 3 aromatic rings. The number of hydrogen-bond acceptors (Lipinski definition) is 3. The molecule has 1 aliphatic rings. The molecule has 0 amide bonds. The molecule has 0 bridgehead atoms. The summed E-state index contributed by atoms with van der Waals surface area (Å²) in [5.74, 6) is 2.07. The maximum absolute atomic E-state index is 13.9. The number of pyridine rings is 1. The number of imidazole rings is 1. The average Bonchev–Trinajstić information content (AvgIpc) is 3.33. The second-order valence-corrected chi connectivity index (χ2v) is 7.37. The van der Waals surface area contributed by atoms with E-state index in [1.54, 1.807) is 6.20 Å². The number of aryl methyl sites for hydroxylation is 2. The monoisotopic (exact) mass is 365 g/mol. The fourth-order valence-electron chi connectivity index (χ4n) is 3.68. The summed E-state index contributed by atoms with van der Waals surface area (Å²) in [4.78, 5) is 12.2. The molecule has 1 aliphatic carbocycles. The van der Waals surface area contributed by atoms with Crippen molar-refractivity contribution in [1.29, 1.82) is 0 Å². The summed E-state index contributed by atoms with van der Waals surface area (Å²) >= 11 is 0. The van der Waals surface area contributed by atoms with Crippen molar-refractivity contribution in [2.75, 3.05) is 0 Å². The number of rotatable bonds is 5. The Bertz CT molecular complexity index is 944. The van der Waals surface area contributed by atoms with Crippen molar-refractivity contribution in [1.82, 2.24) is 15.0 Å². The maximum Gasteiger partial charge on any atom is 0.148 e. The van der Waals surface area contributed by atoms with Gasteiger partial charge in [0.05, 0.1) is 11.9 Å². The van der Waals surface area contributed by atoms with Gasteiger partial charge in [0.25, 0.3) is 0 Å². The molecule has 140 valence electrons. The van der Waals surface area contributed by atoms with E-state index in [-0.39, 0.29) is 12.4 Å². The Morgan fingerprint density at radius 2 is 1.93 bits per heavy atom. The molecule has 4 nitrogen and oxygen atoms in total. The maximum atomic E-state index is 13.9. The molecule has 1 N–H and O–H groups in total. The van der Waals surface area contributed by atoms with Crippen molar-refractivity contribution in [2.24, 2.45) is 0 Å². The second-order valence-electron chi connectivity index (χ2n) is 7.37. The van der Waals surface area contributed by atoms with Gasteiger partial charge >= 0.3 is 0 Å². The molecule has 2 heterocycles. The highest BCUT2D eigenvalue weighted by molar-refractivity contribution is 5.61. The van der Waals surface area contributed by atoms with E-state index < -0.39 is 0 Å². The molecule has 4 rings (SSSR count). The first-order valence-electron chi connectivity index (χ1n) is 9.50. The van der Waals surface area contributed by atoms with E-state index in [2.05, 4.69) is 21.0 Å². The highest BCUT2D eigenvalue weighted by Gasteiger charge is 2.20. The van der Waals surface area contributed by atoms with E-state index in [1.165, 1.54) is 31.7 Å². The summed E-state index contributed by atoms with van der Waals surface area (Å²) in [7, 11) is 0. The molecule has 0 spiro atoms. The highest BCUT2D eigenvalue weighted by Crippen LogP contribution is 2.34. The van der Waals surface area contributed by atoms with Gasteiger partial charge in [-0.1, -0.05) is 12.8 Å². The van der Waals surface area contributed by atoms with Gasteiger partial charge in [0, 0.05) is 17.7 Å². The van der Waals surface area contributed by atoms with E-state index >= 15 is 0 Å². The van der Waals surface area contributed by atoms with Crippen molar-refractivity contribution in [3.63, 3.8) is 0 Å². The lowest BCUT2D eigenvalue weighted by molar-refractivity contribution is 0.292. The zero-order valence-corrected chi connectivity index (χ0v) is 15.8. The third kappa shape index (κ3) is 3.87. The van der Waals surface area contributed by atoms with Crippen LogP contribution in [-0.2, 0) is 6.61 Å². The van der Waals surface area contributed by atoms with Gasteiger partial charge in [-0.25, -0.2) is 9.37 Å². The second kappa shape index (κ2) is 7.51. The quantitative estimate of drug-likeness (QED) is 0.653. The average molecular weight is 365 g/mol. The van der Waals surface area contributed by atoms with Gasteiger partial charge in [-0.2, -0.15) is 0 Å². The van der Waals surface area contributed by atoms with Crippen LogP contribution in [0.1, 0.15) is 54.2 Å². The van der Waals surface area contributed by atoms with Crippen molar-refractivity contribution >= 4 is 0 Å². The van der Waals surface area contributed by atoms with E-state index in [1.807, 2.05) is 32.2 Å². The summed E-state index contributed by atoms with van der Waals surface area (Å²) in [6, 6.07) is 7.47. The Kier molecular flexibility index (Phi) is 4.92. The van der Waals surface area contributed by atoms with Gasteiger partial charge in [-0.15, -0.1) is 0 Å². The molecule has 0 radical (unpaired) electrons. The molecule has 1 aromatic carbocycles. The zero-order valence-electron chi connectivity index (χ0n) is 15.8. The first kappa shape index (κ1) is 17.7. The number of H-pyrrole nitrogens is 1. The van der Waals surface area contributed by atoms with Gasteiger partial charge in [-0.3, -0.25) is 4.98 Å². The Morgan fingerprint density at radius 3 is 2.67 bits per heavy atom. The minimum absolute atomic E-state index is 0.113. The van der Waals surface area contributed by atoms with Crippen molar-refractivity contribution in [3.05, 3.63) is 65.1 Å². The minimum Gasteiger partial charge on any atom is -0.487 e. The molecule has 0 atom stereocenters. The number of halogens is 1. The van der Waals surface area contributed by atoms with Crippen LogP contribution in [0, 0.1) is 19.7 Å². The SMILES string of the molecule is Cc1cnc(COc2ccc(-c3cnc(C4CCCC4)[nH]3)cc2C)c(F)c1. The fourth-order valence-corrected chi connectivity index (χ4v) is 3.68. The van der Waals surface area contributed by atoms with E-state index in [0.29, 0.717) is 11.6 Å². The summed E-state index contributed by atoms with van der Waals surface area (Å²) in [6.45, 7) is 3.92. The van der Waals surface area contributed by atoms with E-state index in [4.69, 9.17) is 4.74 Å². The van der Waals surface area contributed by atoms with Gasteiger partial charge in [0.2, 0.25) is 0 Å². The first-order valence-corrected chi connectivity index (χ1v) is 9.50. The summed E-state index contributed by atoms with van der Waals surface area (Å²) in [5, 5.41) is 0. The molecular weight excluding hydrogens is 341 g/mol. The predicted octanol–water partition coefficient (Wildman–Crippen LogP) is 5.46. The molecule has 27 heavy (non-hydrogen) atoms. The molecule has 2 aromatic heterocycles. The molecule has 0 saturated heterocycles. The lowest BCUT2D eigenvalue weighted by Gasteiger charge is -2.11. The van der Waals surface area contributed by atoms with E-state index in [0.717, 1.165) is 34.0 Å². The van der Waals surface area contributed by atoms with Crippen LogP contribution in [-0.4, -0.2) is 15.0 Å². The fraction of sp³-hybridized carbons (Fsp3) is 0.364. The Hall–Kier alpha value is -2.69. The summed E-state index contributed by atoms with van der Waals surface area (Å²) in [5.41, 5.74) is 4.22. The third-order valence-corrected chi connectivity index (χ3v) is 5.24. The van der Waals surface area contributed by atoms with Crippen LogP contribution in [0.2, 0.25) is 0 Å². The number of nitrogens with zero attached hydrogens (tertiary/aromatic N) is 2. The van der Waals surface area contributed by atoms with Crippen LogP contribution in [0.4, 0.5) is 4.39 Å². The van der Waals surface area contributed by atoms with Crippen LogP contribution < -0.4 is 4.74 Å². The van der Waals surface area contributed by atoms with Gasteiger partial charge < -0.3 is 9.72 Å². The number of ether oxygens (including phenoxy) is 1. The van der Waals surface area contributed by atoms with Gasteiger partial charge in [0.15, 0.2) is 0 Å².